The number of nitrogens with zero attached hydrogens (tertiary/aromatic N) is 2. The lowest BCUT2D eigenvalue weighted by Crippen LogP contribution is -2.47. The maximum absolute atomic E-state index is 12.3. The Labute approximate surface area is 146 Å². The molecule has 1 saturated heterocycles. The number of carbonyl (C=O) groups is 1. The molecule has 1 N–H and O–H groups in total. The van der Waals surface area contributed by atoms with Crippen LogP contribution >= 0.6 is 11.3 Å². The molecule has 0 unspecified atom stereocenters. The Morgan fingerprint density at radius 3 is 2.71 bits per heavy atom. The predicted octanol–water partition coefficient (Wildman–Crippen LogP) is 2.65. The van der Waals surface area contributed by atoms with Gasteiger partial charge in [0.1, 0.15) is 9.88 Å². The first-order valence-electron chi connectivity index (χ1n) is 8.29. The van der Waals surface area contributed by atoms with Gasteiger partial charge in [0.25, 0.3) is 5.91 Å². The van der Waals surface area contributed by atoms with Gasteiger partial charge in [0, 0.05) is 31.7 Å². The summed E-state index contributed by atoms with van der Waals surface area (Å²) >= 11 is 1.42. The molecule has 0 aliphatic carbocycles. The number of carbonyl (C=O) groups excluding carboxylic acids is 1. The van der Waals surface area contributed by atoms with E-state index in [4.69, 9.17) is 4.74 Å². The fourth-order valence-electron chi connectivity index (χ4n) is 2.97. The van der Waals surface area contributed by atoms with E-state index < -0.39 is 0 Å². The molecule has 3 rings (SSSR count). The van der Waals surface area contributed by atoms with Crippen LogP contribution < -0.4 is 5.32 Å². The van der Waals surface area contributed by atoms with Crippen molar-refractivity contribution in [3.8, 4) is 10.6 Å². The molecule has 128 valence electrons. The van der Waals surface area contributed by atoms with Crippen LogP contribution in [0, 0.1) is 0 Å². The number of hydrogen-bond acceptors (Lipinski definition) is 5. The summed E-state index contributed by atoms with van der Waals surface area (Å²) in [4.78, 5) is 19.6. The van der Waals surface area contributed by atoms with Crippen molar-refractivity contribution in [2.24, 2.45) is 0 Å². The van der Waals surface area contributed by atoms with E-state index in [1.54, 1.807) is 6.20 Å². The van der Waals surface area contributed by atoms with Crippen LogP contribution in [0.25, 0.3) is 10.6 Å². The molecule has 0 radical (unpaired) electrons. The number of ether oxygens (including phenoxy) is 1. The summed E-state index contributed by atoms with van der Waals surface area (Å²) in [5, 5.41) is 3.86. The molecule has 1 aliphatic heterocycles. The van der Waals surface area contributed by atoms with Crippen molar-refractivity contribution < 1.29 is 9.53 Å². The zero-order chi connectivity index (χ0) is 16.9. The van der Waals surface area contributed by atoms with Crippen molar-refractivity contribution in [2.45, 2.75) is 26.1 Å². The Bertz CT molecular complexity index is 664. The zero-order valence-electron chi connectivity index (χ0n) is 14.1. The van der Waals surface area contributed by atoms with E-state index in [1.165, 1.54) is 11.3 Å². The first kappa shape index (κ1) is 17.1. The van der Waals surface area contributed by atoms with E-state index in [1.807, 2.05) is 30.3 Å². The van der Waals surface area contributed by atoms with E-state index in [9.17, 15) is 4.79 Å². The maximum Gasteiger partial charge on any atom is 0.263 e. The minimum atomic E-state index is -0.0518. The van der Waals surface area contributed by atoms with Crippen molar-refractivity contribution in [3.63, 3.8) is 0 Å². The molecular formula is C18H23N3O2S. The quantitative estimate of drug-likeness (QED) is 0.905. The second-order valence-corrected chi connectivity index (χ2v) is 7.20. The van der Waals surface area contributed by atoms with Crippen LogP contribution in [-0.2, 0) is 4.74 Å². The molecule has 1 amide bonds. The molecule has 0 bridgehead atoms. The Kier molecular flexibility index (Phi) is 5.60. The Morgan fingerprint density at radius 1 is 1.29 bits per heavy atom. The average Bonchev–Trinajstić information content (AvgIpc) is 3.05. The molecule has 2 aromatic rings. The molecular weight excluding hydrogens is 322 g/mol. The lowest BCUT2D eigenvalue weighted by Gasteiger charge is -2.35. The molecule has 0 spiro atoms. The number of nitrogens with one attached hydrogen (secondary N) is 1. The third kappa shape index (κ3) is 4.41. The minimum absolute atomic E-state index is 0.0518. The van der Waals surface area contributed by atoms with Gasteiger partial charge in [-0.2, -0.15) is 0 Å². The first-order valence-corrected chi connectivity index (χ1v) is 9.10. The van der Waals surface area contributed by atoms with Crippen molar-refractivity contribution in [1.82, 2.24) is 15.2 Å². The largest absolute Gasteiger partial charge is 0.373 e. The molecule has 1 aliphatic rings. The highest BCUT2D eigenvalue weighted by atomic mass is 32.1. The second kappa shape index (κ2) is 7.88. The van der Waals surface area contributed by atoms with Gasteiger partial charge in [0.2, 0.25) is 0 Å². The van der Waals surface area contributed by atoms with Gasteiger partial charge < -0.3 is 10.1 Å². The monoisotopic (exact) mass is 345 g/mol. The minimum Gasteiger partial charge on any atom is -0.373 e. The topological polar surface area (TPSA) is 54.5 Å². The third-order valence-corrected chi connectivity index (χ3v) is 5.00. The van der Waals surface area contributed by atoms with Crippen LogP contribution in [0.1, 0.15) is 23.5 Å². The molecule has 5 nitrogen and oxygen atoms in total. The van der Waals surface area contributed by atoms with Gasteiger partial charge in [0.15, 0.2) is 0 Å². The van der Waals surface area contributed by atoms with Crippen LogP contribution in [0.15, 0.2) is 36.5 Å². The SMILES string of the molecule is C[C@H]1CN(CCNC(=O)c2cnc(-c3ccccc3)s2)C[C@H](C)O1. The molecule has 2 atom stereocenters. The molecule has 1 aromatic carbocycles. The lowest BCUT2D eigenvalue weighted by atomic mass is 10.2. The van der Waals surface area contributed by atoms with Gasteiger partial charge in [-0.15, -0.1) is 11.3 Å². The molecule has 0 saturated carbocycles. The number of morpholine rings is 1. The Balaban J connectivity index is 1.50. The predicted molar refractivity (Wildman–Crippen MR) is 96.3 cm³/mol. The fourth-order valence-corrected chi connectivity index (χ4v) is 3.81. The van der Waals surface area contributed by atoms with Gasteiger partial charge >= 0.3 is 0 Å². The van der Waals surface area contributed by atoms with Crippen LogP contribution in [0.3, 0.4) is 0 Å². The number of aromatic nitrogens is 1. The fraction of sp³-hybridized carbons (Fsp3) is 0.444. The summed E-state index contributed by atoms with van der Waals surface area (Å²) in [7, 11) is 0. The van der Waals surface area contributed by atoms with Gasteiger partial charge in [-0.3, -0.25) is 9.69 Å². The number of benzene rings is 1. The van der Waals surface area contributed by atoms with Crippen LogP contribution in [0.2, 0.25) is 0 Å². The van der Waals surface area contributed by atoms with Crippen molar-refractivity contribution in [3.05, 3.63) is 41.4 Å². The molecule has 6 heteroatoms. The van der Waals surface area contributed by atoms with E-state index in [-0.39, 0.29) is 18.1 Å². The smallest absolute Gasteiger partial charge is 0.263 e. The molecule has 1 aromatic heterocycles. The van der Waals surface area contributed by atoms with Crippen molar-refractivity contribution in [1.29, 1.82) is 0 Å². The summed E-state index contributed by atoms with van der Waals surface area (Å²) in [6.07, 6.45) is 2.15. The van der Waals surface area contributed by atoms with Crippen LogP contribution in [0.5, 0.6) is 0 Å². The van der Waals surface area contributed by atoms with Crippen molar-refractivity contribution >= 4 is 17.2 Å². The van der Waals surface area contributed by atoms with Gasteiger partial charge in [-0.25, -0.2) is 4.98 Å². The number of amides is 1. The normalized spacial score (nSPS) is 21.6. The Morgan fingerprint density at radius 2 is 2.00 bits per heavy atom. The summed E-state index contributed by atoms with van der Waals surface area (Å²) in [6, 6.07) is 9.92. The molecule has 2 heterocycles. The van der Waals surface area contributed by atoms with Gasteiger partial charge in [-0.1, -0.05) is 30.3 Å². The second-order valence-electron chi connectivity index (χ2n) is 6.17. The standard InChI is InChI=1S/C18H23N3O2S/c1-13-11-21(12-14(2)23-13)9-8-19-17(22)16-10-20-18(24-16)15-6-4-3-5-7-15/h3-7,10,13-14H,8-9,11-12H2,1-2H3,(H,19,22)/t13-,14-/m0/s1. The number of thiazole rings is 1. The van der Waals surface area contributed by atoms with E-state index >= 15 is 0 Å². The van der Waals surface area contributed by atoms with E-state index in [0.29, 0.717) is 11.4 Å². The third-order valence-electron chi connectivity index (χ3n) is 3.96. The van der Waals surface area contributed by atoms with Crippen LogP contribution in [-0.4, -0.2) is 54.2 Å². The van der Waals surface area contributed by atoms with Crippen molar-refractivity contribution in [2.75, 3.05) is 26.2 Å². The summed E-state index contributed by atoms with van der Waals surface area (Å²) in [6.45, 7) is 7.48. The number of hydrogen-bond donors (Lipinski definition) is 1. The highest BCUT2D eigenvalue weighted by Gasteiger charge is 2.21. The maximum atomic E-state index is 12.3. The summed E-state index contributed by atoms with van der Waals surface area (Å²) in [5.41, 5.74) is 1.04. The Hall–Kier alpha value is -1.76. The van der Waals surface area contributed by atoms with Gasteiger partial charge in [0.05, 0.1) is 18.4 Å². The van der Waals surface area contributed by atoms with E-state index in [2.05, 4.69) is 29.0 Å². The van der Waals surface area contributed by atoms with Gasteiger partial charge in [-0.05, 0) is 13.8 Å². The summed E-state index contributed by atoms with van der Waals surface area (Å²) < 4.78 is 5.72. The molecule has 1 fully saturated rings. The van der Waals surface area contributed by atoms with E-state index in [0.717, 1.165) is 30.2 Å². The zero-order valence-corrected chi connectivity index (χ0v) is 14.9. The molecule has 24 heavy (non-hydrogen) atoms. The lowest BCUT2D eigenvalue weighted by molar-refractivity contribution is -0.0672. The van der Waals surface area contributed by atoms with Crippen LogP contribution in [0.4, 0.5) is 0 Å². The highest BCUT2D eigenvalue weighted by molar-refractivity contribution is 7.16. The first-order chi connectivity index (χ1) is 11.6. The average molecular weight is 345 g/mol. The summed E-state index contributed by atoms with van der Waals surface area (Å²) in [5.74, 6) is -0.0518. The highest BCUT2D eigenvalue weighted by Crippen LogP contribution is 2.24. The number of rotatable bonds is 5.